The molecule has 45 heavy (non-hydrogen) atoms. The number of thiazole rings is 1. The molecule has 15 heteroatoms. The molecule has 1 fully saturated rings. The van der Waals surface area contributed by atoms with Gasteiger partial charge in [-0.2, -0.15) is 0 Å². The zero-order valence-electron chi connectivity index (χ0n) is 25.4. The number of benzene rings is 2. The second-order valence-electron chi connectivity index (χ2n) is 11.1. The van der Waals surface area contributed by atoms with Gasteiger partial charge >= 0.3 is 5.97 Å². The molecule has 2 heterocycles. The van der Waals surface area contributed by atoms with Crippen molar-refractivity contribution in [3.63, 3.8) is 0 Å². The Labute approximate surface area is 271 Å². The molecule has 0 atom stereocenters. The Kier molecular flexibility index (Phi) is 11.1. The lowest BCUT2D eigenvalue weighted by atomic mass is 10.1. The molecular formula is C30H35FN4O7S3. The van der Waals surface area contributed by atoms with Gasteiger partial charge in [0, 0.05) is 19.5 Å². The van der Waals surface area contributed by atoms with Crippen LogP contribution in [0.1, 0.15) is 42.4 Å². The van der Waals surface area contributed by atoms with Crippen molar-refractivity contribution in [1.29, 1.82) is 0 Å². The summed E-state index contributed by atoms with van der Waals surface area (Å²) in [6.45, 7) is 7.07. The summed E-state index contributed by atoms with van der Waals surface area (Å²) in [4.78, 5) is 31.3. The lowest BCUT2D eigenvalue weighted by molar-refractivity contribution is -0.117. The molecule has 1 N–H and O–H groups in total. The fourth-order valence-corrected chi connectivity index (χ4v) is 7.07. The van der Waals surface area contributed by atoms with E-state index in [1.54, 1.807) is 45.0 Å². The summed E-state index contributed by atoms with van der Waals surface area (Å²) in [5, 5.41) is 3.33. The number of thiocarbonyl (C=S) groups is 1. The predicted molar refractivity (Wildman–Crippen MR) is 172 cm³/mol. The number of rotatable bonds is 11. The molecule has 0 radical (unpaired) electrons. The SMILES string of the molecule is COc1ccc(CN(c2scnc2C(=O)OC(C)(C)C)S(=O)(=O)c2ccc(CC(=O)CNC(=S)N3CCOCC3)c(F)c2)cc1. The highest BCUT2D eigenvalue weighted by molar-refractivity contribution is 7.93. The van der Waals surface area contributed by atoms with Crippen LogP contribution in [-0.4, -0.2) is 80.7 Å². The Bertz CT molecular complexity index is 1630. The monoisotopic (exact) mass is 678 g/mol. The Morgan fingerprint density at radius 2 is 1.84 bits per heavy atom. The van der Waals surface area contributed by atoms with E-state index >= 15 is 4.39 Å². The minimum atomic E-state index is -4.44. The van der Waals surface area contributed by atoms with E-state index in [0.29, 0.717) is 42.7 Å². The van der Waals surface area contributed by atoms with Crippen LogP contribution in [0.3, 0.4) is 0 Å². The zero-order chi connectivity index (χ0) is 32.8. The zero-order valence-corrected chi connectivity index (χ0v) is 27.8. The van der Waals surface area contributed by atoms with Crippen molar-refractivity contribution in [2.45, 2.75) is 44.2 Å². The van der Waals surface area contributed by atoms with Crippen LogP contribution in [-0.2, 0) is 37.3 Å². The number of hydrogen-bond acceptors (Lipinski definition) is 10. The topological polar surface area (TPSA) is 127 Å². The highest BCUT2D eigenvalue weighted by Gasteiger charge is 2.33. The second kappa shape index (κ2) is 14.6. The number of methoxy groups -OCH3 is 1. The number of Topliss-reactive ketones (excluding diaryl/α,β-unsaturated/α-hetero) is 1. The minimum Gasteiger partial charge on any atom is -0.497 e. The third kappa shape index (κ3) is 8.96. The molecule has 242 valence electrons. The van der Waals surface area contributed by atoms with Crippen molar-refractivity contribution in [2.75, 3.05) is 44.3 Å². The molecule has 0 aliphatic carbocycles. The van der Waals surface area contributed by atoms with Crippen LogP contribution < -0.4 is 14.4 Å². The van der Waals surface area contributed by atoms with Crippen LogP contribution in [0.2, 0.25) is 0 Å². The number of sulfonamides is 1. The summed E-state index contributed by atoms with van der Waals surface area (Å²) in [6, 6.07) is 10.1. The molecule has 0 spiro atoms. The van der Waals surface area contributed by atoms with E-state index in [1.807, 2.05) is 4.90 Å². The van der Waals surface area contributed by atoms with Crippen molar-refractivity contribution in [2.24, 2.45) is 0 Å². The number of carbonyl (C=O) groups excluding carboxylic acids is 2. The Morgan fingerprint density at radius 1 is 1.16 bits per heavy atom. The summed E-state index contributed by atoms with van der Waals surface area (Å²) in [6.07, 6.45) is -0.266. The van der Waals surface area contributed by atoms with Gasteiger partial charge in [-0.25, -0.2) is 22.6 Å². The number of carbonyl (C=O) groups is 2. The molecule has 0 saturated carbocycles. The molecule has 1 aromatic heterocycles. The number of esters is 1. The first kappa shape index (κ1) is 34.2. The number of nitrogens with zero attached hydrogens (tertiary/aromatic N) is 3. The van der Waals surface area contributed by atoms with Crippen molar-refractivity contribution >= 4 is 55.4 Å². The summed E-state index contributed by atoms with van der Waals surface area (Å²) in [7, 11) is -2.93. The summed E-state index contributed by atoms with van der Waals surface area (Å²) in [5.41, 5.74) is 0.924. The predicted octanol–water partition coefficient (Wildman–Crippen LogP) is 3.96. The van der Waals surface area contributed by atoms with Crippen molar-refractivity contribution in [1.82, 2.24) is 15.2 Å². The van der Waals surface area contributed by atoms with Crippen molar-refractivity contribution in [3.05, 3.63) is 70.6 Å². The molecule has 0 bridgehead atoms. The smallest absolute Gasteiger partial charge is 0.360 e. The molecule has 1 saturated heterocycles. The third-order valence-electron chi connectivity index (χ3n) is 6.59. The maximum atomic E-state index is 15.3. The van der Waals surface area contributed by atoms with E-state index in [1.165, 1.54) is 24.8 Å². The first-order valence-corrected chi connectivity index (χ1v) is 16.7. The number of ether oxygens (including phenoxy) is 3. The van der Waals surface area contributed by atoms with E-state index < -0.39 is 27.4 Å². The standard InChI is InChI=1S/C30H35FN4O7S3/c1-30(2,3)42-28(37)26-27(44-19-33-26)35(18-20-5-8-23(40-4)9-6-20)45(38,39)24-10-7-21(25(31)16-24)15-22(36)17-32-29(43)34-11-13-41-14-12-34/h5-10,16,19H,11-15,17-18H2,1-4H3,(H,32,43). The van der Waals surface area contributed by atoms with Gasteiger partial charge in [-0.05, 0) is 68.4 Å². The fourth-order valence-electron chi connectivity index (χ4n) is 4.33. The van der Waals surface area contributed by atoms with Gasteiger partial charge in [-0.15, -0.1) is 11.3 Å². The van der Waals surface area contributed by atoms with E-state index in [0.717, 1.165) is 21.7 Å². The fraction of sp³-hybridized carbons (Fsp3) is 0.400. The maximum Gasteiger partial charge on any atom is 0.360 e. The van der Waals surface area contributed by atoms with Gasteiger partial charge in [0.2, 0.25) is 0 Å². The molecule has 1 aliphatic rings. The molecule has 0 amide bonds. The van der Waals surface area contributed by atoms with Crippen LogP contribution >= 0.6 is 23.6 Å². The van der Waals surface area contributed by atoms with Crippen LogP contribution in [0.15, 0.2) is 52.9 Å². The first-order valence-electron chi connectivity index (χ1n) is 14.0. The van der Waals surface area contributed by atoms with Crippen molar-refractivity contribution < 1.29 is 36.6 Å². The van der Waals surface area contributed by atoms with E-state index in [-0.39, 0.29) is 46.4 Å². The second-order valence-corrected chi connectivity index (χ2v) is 14.2. The average Bonchev–Trinajstić information content (AvgIpc) is 3.49. The maximum absolute atomic E-state index is 15.3. The van der Waals surface area contributed by atoms with Gasteiger partial charge in [-0.1, -0.05) is 18.2 Å². The summed E-state index contributed by atoms with van der Waals surface area (Å²) in [5.74, 6) is -1.41. The van der Waals surface area contributed by atoms with Gasteiger partial charge in [0.15, 0.2) is 16.6 Å². The van der Waals surface area contributed by atoms with Gasteiger partial charge in [-0.3, -0.25) is 9.10 Å². The van der Waals surface area contributed by atoms with Crippen LogP contribution in [0.4, 0.5) is 9.39 Å². The Hall–Kier alpha value is -3.66. The average molecular weight is 679 g/mol. The van der Waals surface area contributed by atoms with Crippen molar-refractivity contribution in [3.8, 4) is 5.75 Å². The summed E-state index contributed by atoms with van der Waals surface area (Å²) < 4.78 is 60.5. The number of anilines is 1. The number of morpholine rings is 1. The highest BCUT2D eigenvalue weighted by atomic mass is 32.2. The number of aromatic nitrogens is 1. The quantitative estimate of drug-likeness (QED) is 0.234. The number of halogens is 1. The number of hydrogen-bond donors (Lipinski definition) is 1. The molecule has 11 nitrogen and oxygen atoms in total. The molecule has 1 aliphatic heterocycles. The molecule has 0 unspecified atom stereocenters. The lowest BCUT2D eigenvalue weighted by Gasteiger charge is -2.29. The molecule has 4 rings (SSSR count). The molecule has 2 aromatic carbocycles. The van der Waals surface area contributed by atoms with Gasteiger partial charge in [0.25, 0.3) is 10.0 Å². The molecule has 3 aromatic rings. The minimum absolute atomic E-state index is 0.0158. The Balaban J connectivity index is 1.58. The number of ketones is 1. The van der Waals surface area contributed by atoms with E-state index in [9.17, 15) is 18.0 Å². The molecular weight excluding hydrogens is 644 g/mol. The van der Waals surface area contributed by atoms with Crippen LogP contribution in [0.5, 0.6) is 5.75 Å². The van der Waals surface area contributed by atoms with Crippen LogP contribution in [0.25, 0.3) is 0 Å². The first-order chi connectivity index (χ1) is 21.3. The Morgan fingerprint density at radius 3 is 2.47 bits per heavy atom. The normalized spacial score (nSPS) is 13.7. The van der Waals surface area contributed by atoms with Gasteiger partial charge in [0.1, 0.15) is 22.2 Å². The largest absolute Gasteiger partial charge is 0.497 e. The van der Waals surface area contributed by atoms with Crippen LogP contribution in [0, 0.1) is 5.82 Å². The van der Waals surface area contributed by atoms with Gasteiger partial charge < -0.3 is 24.4 Å². The van der Waals surface area contributed by atoms with E-state index in [4.69, 9.17) is 26.4 Å². The highest BCUT2D eigenvalue weighted by Crippen LogP contribution is 2.34. The van der Waals surface area contributed by atoms with Gasteiger partial charge in [0.05, 0.1) is 43.8 Å². The van der Waals surface area contributed by atoms with E-state index in [2.05, 4.69) is 10.3 Å². The third-order valence-corrected chi connectivity index (χ3v) is 9.70. The number of nitrogens with one attached hydrogen (secondary N) is 1. The summed E-state index contributed by atoms with van der Waals surface area (Å²) >= 11 is 6.27. The lowest BCUT2D eigenvalue weighted by Crippen LogP contribution is -2.47.